The number of nitrogens with one attached hydrogen (secondary N) is 1. The molecule has 1 aromatic carbocycles. The lowest BCUT2D eigenvalue weighted by Crippen LogP contribution is -2.52. The lowest BCUT2D eigenvalue weighted by molar-refractivity contribution is -0.128. The second-order valence-electron chi connectivity index (χ2n) is 7.08. The molecular weight excluding hydrogens is 446 g/mol. The topological polar surface area (TPSA) is 97.4 Å². The van der Waals surface area contributed by atoms with Gasteiger partial charge >= 0.3 is 6.09 Å². The Balaban J connectivity index is 1.83. The van der Waals surface area contributed by atoms with Gasteiger partial charge in [0.2, 0.25) is 0 Å². The highest BCUT2D eigenvalue weighted by Crippen LogP contribution is 2.28. The molecule has 2 aromatic rings. The molecule has 176 valence electrons. The average molecular weight is 474 g/mol. The zero-order valence-electron chi connectivity index (χ0n) is 18.8. The van der Waals surface area contributed by atoms with Gasteiger partial charge in [-0.1, -0.05) is 12.1 Å². The van der Waals surface area contributed by atoms with Crippen LogP contribution in [0.2, 0.25) is 0 Å². The molecule has 3 amide bonds. The number of thiophene rings is 1. The number of piperazine rings is 1. The van der Waals surface area contributed by atoms with E-state index in [1.54, 1.807) is 65.6 Å². The van der Waals surface area contributed by atoms with Gasteiger partial charge in [-0.15, -0.1) is 11.3 Å². The van der Waals surface area contributed by atoms with Gasteiger partial charge in [-0.25, -0.2) is 4.79 Å². The van der Waals surface area contributed by atoms with Crippen molar-refractivity contribution in [2.75, 3.05) is 47.0 Å². The van der Waals surface area contributed by atoms with Crippen LogP contribution in [0.1, 0.15) is 22.2 Å². The van der Waals surface area contributed by atoms with Gasteiger partial charge in [0.15, 0.2) is 11.5 Å². The van der Waals surface area contributed by atoms with Crippen molar-refractivity contribution in [3.05, 3.63) is 51.8 Å². The molecule has 33 heavy (non-hydrogen) atoms. The Kier molecular flexibility index (Phi) is 8.31. The molecule has 0 bridgehead atoms. The number of rotatable bonds is 7. The van der Waals surface area contributed by atoms with E-state index in [9.17, 15) is 14.4 Å². The summed E-state index contributed by atoms with van der Waals surface area (Å²) < 4.78 is 15.6. The van der Waals surface area contributed by atoms with Gasteiger partial charge in [0.05, 0.1) is 25.7 Å². The summed E-state index contributed by atoms with van der Waals surface area (Å²) in [5.41, 5.74) is 0.790. The van der Waals surface area contributed by atoms with Crippen molar-refractivity contribution in [2.45, 2.75) is 6.92 Å². The maximum atomic E-state index is 13.3. The minimum Gasteiger partial charge on any atom is -0.493 e. The molecular formula is C23H27N3O6S. The summed E-state index contributed by atoms with van der Waals surface area (Å²) >= 11 is 1.29. The van der Waals surface area contributed by atoms with Gasteiger partial charge in [0.25, 0.3) is 11.8 Å². The second kappa shape index (κ2) is 11.4. The second-order valence-corrected chi connectivity index (χ2v) is 8.03. The fourth-order valence-corrected chi connectivity index (χ4v) is 3.95. The summed E-state index contributed by atoms with van der Waals surface area (Å²) in [5.74, 6) is 0.361. The third kappa shape index (κ3) is 6.04. The van der Waals surface area contributed by atoms with Crippen LogP contribution in [0.3, 0.4) is 0 Å². The molecule has 1 aliphatic rings. The lowest BCUT2D eigenvalue weighted by atomic mass is 10.1. The minimum absolute atomic E-state index is 0.130. The average Bonchev–Trinajstić information content (AvgIpc) is 3.38. The Labute approximate surface area is 196 Å². The number of benzene rings is 1. The molecule has 0 spiro atoms. The van der Waals surface area contributed by atoms with E-state index >= 15 is 0 Å². The minimum atomic E-state index is -0.392. The third-order valence-corrected chi connectivity index (χ3v) is 5.90. The highest BCUT2D eigenvalue weighted by molar-refractivity contribution is 7.12. The van der Waals surface area contributed by atoms with Crippen LogP contribution in [0.25, 0.3) is 6.08 Å². The smallest absolute Gasteiger partial charge is 0.409 e. The van der Waals surface area contributed by atoms with E-state index in [2.05, 4.69) is 5.32 Å². The number of carbonyl (C=O) groups is 3. The molecule has 10 heteroatoms. The Morgan fingerprint density at radius 3 is 2.33 bits per heavy atom. The van der Waals surface area contributed by atoms with Crippen molar-refractivity contribution in [1.82, 2.24) is 15.1 Å². The Hall–Kier alpha value is -3.53. The van der Waals surface area contributed by atoms with Gasteiger partial charge in [-0.2, -0.15) is 0 Å². The van der Waals surface area contributed by atoms with Crippen LogP contribution in [0.15, 0.2) is 41.4 Å². The molecule has 1 aliphatic heterocycles. The van der Waals surface area contributed by atoms with E-state index in [0.29, 0.717) is 54.7 Å². The number of methoxy groups -OCH3 is 2. The normalized spacial score (nSPS) is 14.0. The van der Waals surface area contributed by atoms with Crippen molar-refractivity contribution >= 4 is 35.3 Å². The van der Waals surface area contributed by atoms with Crippen LogP contribution in [0.4, 0.5) is 4.79 Å². The van der Waals surface area contributed by atoms with Gasteiger partial charge in [0.1, 0.15) is 5.70 Å². The first-order valence-electron chi connectivity index (χ1n) is 10.5. The molecule has 1 N–H and O–H groups in total. The van der Waals surface area contributed by atoms with Gasteiger partial charge in [-0.05, 0) is 42.1 Å². The molecule has 0 radical (unpaired) electrons. The molecule has 0 saturated carbocycles. The largest absolute Gasteiger partial charge is 0.493 e. The van der Waals surface area contributed by atoms with Crippen LogP contribution >= 0.6 is 11.3 Å². The fourth-order valence-electron chi connectivity index (χ4n) is 3.33. The van der Waals surface area contributed by atoms with Crippen LogP contribution < -0.4 is 14.8 Å². The Bertz CT molecular complexity index is 1010. The highest BCUT2D eigenvalue weighted by atomic mass is 32.1. The highest BCUT2D eigenvalue weighted by Gasteiger charge is 2.27. The third-order valence-electron chi connectivity index (χ3n) is 5.04. The molecule has 0 unspecified atom stereocenters. The SMILES string of the molecule is CCOC(=O)N1CCN(C(=O)/C(=C/c2ccc(OC)c(OC)c2)NC(=O)c2cccs2)CC1. The zero-order chi connectivity index (χ0) is 23.8. The maximum Gasteiger partial charge on any atom is 0.409 e. The number of amides is 3. The van der Waals surface area contributed by atoms with Crippen LogP contribution in [-0.2, 0) is 9.53 Å². The van der Waals surface area contributed by atoms with Crippen LogP contribution in [0.5, 0.6) is 11.5 Å². The van der Waals surface area contributed by atoms with Gasteiger partial charge in [0, 0.05) is 26.2 Å². The van der Waals surface area contributed by atoms with Gasteiger partial charge in [-0.3, -0.25) is 9.59 Å². The monoisotopic (exact) mass is 473 g/mol. The quantitative estimate of drug-likeness (QED) is 0.621. The predicted molar refractivity (Wildman–Crippen MR) is 124 cm³/mol. The molecule has 1 fully saturated rings. The number of ether oxygens (including phenoxy) is 3. The Morgan fingerprint density at radius 1 is 1.03 bits per heavy atom. The van der Waals surface area contributed by atoms with E-state index in [1.807, 2.05) is 0 Å². The summed E-state index contributed by atoms with van der Waals surface area (Å²) in [6.45, 7) is 3.41. The van der Waals surface area contributed by atoms with E-state index in [4.69, 9.17) is 14.2 Å². The summed E-state index contributed by atoms with van der Waals surface area (Å²) in [5, 5.41) is 4.54. The van der Waals surface area contributed by atoms with Crippen LogP contribution in [-0.4, -0.2) is 74.7 Å². The predicted octanol–water partition coefficient (Wildman–Crippen LogP) is 2.84. The summed E-state index contributed by atoms with van der Waals surface area (Å²) in [7, 11) is 3.07. The summed E-state index contributed by atoms with van der Waals surface area (Å²) in [6.07, 6.45) is 1.21. The van der Waals surface area contributed by atoms with Crippen LogP contribution in [0, 0.1) is 0 Å². The lowest BCUT2D eigenvalue weighted by Gasteiger charge is -2.34. The van der Waals surface area contributed by atoms with E-state index in [0.717, 1.165) is 0 Å². The molecule has 2 heterocycles. The fraction of sp³-hybridized carbons (Fsp3) is 0.348. The number of hydrogen-bond acceptors (Lipinski definition) is 7. The van der Waals surface area contributed by atoms with Crippen molar-refractivity contribution in [2.24, 2.45) is 0 Å². The molecule has 0 atom stereocenters. The standard InChI is InChI=1S/C23H27N3O6S/c1-4-32-23(29)26-11-9-25(10-12-26)22(28)17(24-21(27)20-6-5-13-33-20)14-16-7-8-18(30-2)19(15-16)31-3/h5-8,13-15H,4,9-12H2,1-3H3,(H,24,27)/b17-14-. The van der Waals surface area contributed by atoms with Crippen molar-refractivity contribution < 1.29 is 28.6 Å². The number of carbonyl (C=O) groups excluding carboxylic acids is 3. The number of hydrogen-bond donors (Lipinski definition) is 1. The van der Waals surface area contributed by atoms with Crippen molar-refractivity contribution in [3.8, 4) is 11.5 Å². The van der Waals surface area contributed by atoms with Crippen molar-refractivity contribution in [3.63, 3.8) is 0 Å². The summed E-state index contributed by atoms with van der Waals surface area (Å²) in [6, 6.07) is 8.68. The van der Waals surface area contributed by atoms with E-state index < -0.39 is 6.09 Å². The molecule has 9 nitrogen and oxygen atoms in total. The first-order chi connectivity index (χ1) is 16.0. The van der Waals surface area contributed by atoms with E-state index in [1.165, 1.54) is 18.4 Å². The molecule has 1 aromatic heterocycles. The molecule has 3 rings (SSSR count). The molecule has 1 saturated heterocycles. The zero-order valence-corrected chi connectivity index (χ0v) is 19.6. The van der Waals surface area contributed by atoms with E-state index in [-0.39, 0.29) is 17.5 Å². The molecule has 0 aliphatic carbocycles. The Morgan fingerprint density at radius 2 is 1.73 bits per heavy atom. The number of nitrogens with zero attached hydrogens (tertiary/aromatic N) is 2. The first-order valence-corrected chi connectivity index (χ1v) is 11.3. The maximum absolute atomic E-state index is 13.3. The van der Waals surface area contributed by atoms with Gasteiger partial charge < -0.3 is 29.3 Å². The first kappa shape index (κ1) is 24.1. The van der Waals surface area contributed by atoms with Crippen molar-refractivity contribution in [1.29, 1.82) is 0 Å². The summed E-state index contributed by atoms with van der Waals surface area (Å²) in [4.78, 5) is 41.7.